The number of hydrogen-bond acceptors (Lipinski definition) is 1. The van der Waals surface area contributed by atoms with Gasteiger partial charge in [0, 0.05) is 11.1 Å². The number of halogens is 1. The summed E-state index contributed by atoms with van der Waals surface area (Å²) in [6.45, 7) is 4.23. The third-order valence-electron chi connectivity index (χ3n) is 2.25. The smallest absolute Gasteiger partial charge is 0.0408 e. The Balaban J connectivity index is 2.71. The molecule has 0 heterocycles. The minimum atomic E-state index is 0.383. The number of hydrogen-bond donors (Lipinski definition) is 1. The van der Waals surface area contributed by atoms with Crippen LogP contribution in [-0.2, 0) is 6.42 Å². The lowest BCUT2D eigenvalue weighted by Crippen LogP contribution is -2.25. The molecule has 0 aliphatic rings. The summed E-state index contributed by atoms with van der Waals surface area (Å²) >= 11 is 5.94. The van der Waals surface area contributed by atoms with Crippen LogP contribution in [0.5, 0.6) is 0 Å². The standard InChI is InChI=1S/C13H18ClN/c1-10(2)7-13(15-3)9-11-5-4-6-12(14)8-11/h4-8,13,15H,9H2,1-3H3. The molecule has 1 aromatic carbocycles. The van der Waals surface area contributed by atoms with Crippen LogP contribution in [0.15, 0.2) is 35.9 Å². The third kappa shape index (κ3) is 4.50. The van der Waals surface area contributed by atoms with E-state index >= 15 is 0 Å². The molecule has 1 N–H and O–H groups in total. The summed E-state index contributed by atoms with van der Waals surface area (Å²) in [6, 6.07) is 8.40. The van der Waals surface area contributed by atoms with E-state index in [0.29, 0.717) is 6.04 Å². The molecule has 15 heavy (non-hydrogen) atoms. The lowest BCUT2D eigenvalue weighted by molar-refractivity contribution is 0.660. The molecule has 1 nitrogen and oxygen atoms in total. The molecular weight excluding hydrogens is 206 g/mol. The zero-order valence-corrected chi connectivity index (χ0v) is 10.3. The van der Waals surface area contributed by atoms with Gasteiger partial charge in [0.15, 0.2) is 0 Å². The molecule has 1 aromatic rings. The zero-order chi connectivity index (χ0) is 11.3. The first-order chi connectivity index (χ1) is 7.11. The number of likely N-dealkylation sites (N-methyl/N-ethyl adjacent to an activating group) is 1. The van der Waals surface area contributed by atoms with Crippen molar-refractivity contribution in [1.82, 2.24) is 5.32 Å². The Hall–Kier alpha value is -0.790. The molecule has 0 bridgehead atoms. The molecule has 0 amide bonds. The van der Waals surface area contributed by atoms with E-state index in [0.717, 1.165) is 11.4 Å². The van der Waals surface area contributed by atoms with Gasteiger partial charge in [-0.25, -0.2) is 0 Å². The normalized spacial score (nSPS) is 12.3. The van der Waals surface area contributed by atoms with Crippen molar-refractivity contribution in [3.8, 4) is 0 Å². The third-order valence-corrected chi connectivity index (χ3v) is 2.49. The Morgan fingerprint density at radius 1 is 1.47 bits per heavy atom. The Morgan fingerprint density at radius 2 is 2.20 bits per heavy atom. The molecule has 1 atom stereocenters. The van der Waals surface area contributed by atoms with Gasteiger partial charge in [-0.3, -0.25) is 0 Å². The Morgan fingerprint density at radius 3 is 2.73 bits per heavy atom. The van der Waals surface area contributed by atoms with Crippen LogP contribution >= 0.6 is 11.6 Å². The van der Waals surface area contributed by atoms with Crippen LogP contribution in [0.25, 0.3) is 0 Å². The van der Waals surface area contributed by atoms with Gasteiger partial charge in [0.2, 0.25) is 0 Å². The Kier molecular flexibility index (Phi) is 4.86. The van der Waals surface area contributed by atoms with E-state index < -0.39 is 0 Å². The lowest BCUT2D eigenvalue weighted by atomic mass is 10.0. The maximum atomic E-state index is 5.94. The van der Waals surface area contributed by atoms with Crippen molar-refractivity contribution in [2.24, 2.45) is 0 Å². The van der Waals surface area contributed by atoms with Gasteiger partial charge >= 0.3 is 0 Å². The first kappa shape index (κ1) is 12.3. The van der Waals surface area contributed by atoms with Crippen molar-refractivity contribution in [2.45, 2.75) is 26.3 Å². The van der Waals surface area contributed by atoms with E-state index in [4.69, 9.17) is 11.6 Å². The van der Waals surface area contributed by atoms with Crippen molar-refractivity contribution in [3.63, 3.8) is 0 Å². The average Bonchev–Trinajstić information content (AvgIpc) is 2.16. The van der Waals surface area contributed by atoms with Crippen molar-refractivity contribution >= 4 is 11.6 Å². The van der Waals surface area contributed by atoms with Crippen LogP contribution in [0.1, 0.15) is 19.4 Å². The first-order valence-corrected chi connectivity index (χ1v) is 5.56. The van der Waals surface area contributed by atoms with Crippen molar-refractivity contribution in [3.05, 3.63) is 46.5 Å². The predicted octanol–water partition coefficient (Wildman–Crippen LogP) is 3.44. The largest absolute Gasteiger partial charge is 0.313 e. The number of nitrogens with one attached hydrogen (secondary N) is 1. The molecule has 0 spiro atoms. The molecule has 1 unspecified atom stereocenters. The van der Waals surface area contributed by atoms with Gasteiger partial charge in [-0.15, -0.1) is 0 Å². The lowest BCUT2D eigenvalue weighted by Gasteiger charge is -2.12. The quantitative estimate of drug-likeness (QED) is 0.772. The minimum Gasteiger partial charge on any atom is -0.313 e. The predicted molar refractivity (Wildman–Crippen MR) is 67.4 cm³/mol. The van der Waals surface area contributed by atoms with E-state index in [1.165, 1.54) is 11.1 Å². The number of allylic oxidation sites excluding steroid dienone is 1. The fourth-order valence-corrected chi connectivity index (χ4v) is 1.78. The molecule has 0 aliphatic carbocycles. The Labute approximate surface area is 97.1 Å². The van der Waals surface area contributed by atoms with Crippen LogP contribution in [0.2, 0.25) is 5.02 Å². The van der Waals surface area contributed by atoms with Crippen LogP contribution < -0.4 is 5.32 Å². The highest BCUT2D eigenvalue weighted by molar-refractivity contribution is 6.30. The second-order valence-corrected chi connectivity index (χ2v) is 4.41. The van der Waals surface area contributed by atoms with Crippen LogP contribution in [0.3, 0.4) is 0 Å². The maximum Gasteiger partial charge on any atom is 0.0408 e. The summed E-state index contributed by atoms with van der Waals surface area (Å²) in [4.78, 5) is 0. The molecule has 0 saturated carbocycles. The molecule has 0 aromatic heterocycles. The molecule has 2 heteroatoms. The molecular formula is C13H18ClN. The van der Waals surface area contributed by atoms with Crippen LogP contribution in [0, 0.1) is 0 Å². The van der Waals surface area contributed by atoms with E-state index in [1.807, 2.05) is 25.2 Å². The minimum absolute atomic E-state index is 0.383. The molecule has 0 radical (unpaired) electrons. The second kappa shape index (κ2) is 5.94. The number of benzene rings is 1. The van der Waals surface area contributed by atoms with Crippen molar-refractivity contribution in [2.75, 3.05) is 7.05 Å². The Bertz CT molecular complexity index is 340. The highest BCUT2D eigenvalue weighted by atomic mass is 35.5. The summed E-state index contributed by atoms with van der Waals surface area (Å²) in [5.41, 5.74) is 2.59. The fourth-order valence-electron chi connectivity index (χ4n) is 1.56. The highest BCUT2D eigenvalue weighted by Crippen LogP contribution is 2.13. The summed E-state index contributed by atoms with van der Waals surface area (Å²) in [5.74, 6) is 0. The van der Waals surface area contributed by atoms with Gasteiger partial charge in [0.05, 0.1) is 0 Å². The van der Waals surface area contributed by atoms with E-state index in [9.17, 15) is 0 Å². The van der Waals surface area contributed by atoms with Gasteiger partial charge in [-0.2, -0.15) is 0 Å². The van der Waals surface area contributed by atoms with E-state index in [2.05, 4.69) is 31.3 Å². The van der Waals surface area contributed by atoms with E-state index in [1.54, 1.807) is 0 Å². The molecule has 0 fully saturated rings. The van der Waals surface area contributed by atoms with Gasteiger partial charge < -0.3 is 5.32 Å². The van der Waals surface area contributed by atoms with Gasteiger partial charge in [0.1, 0.15) is 0 Å². The van der Waals surface area contributed by atoms with Gasteiger partial charge in [-0.05, 0) is 45.0 Å². The van der Waals surface area contributed by atoms with Gasteiger partial charge in [-0.1, -0.05) is 35.4 Å². The molecule has 0 aliphatic heterocycles. The topological polar surface area (TPSA) is 12.0 Å². The molecule has 1 rings (SSSR count). The van der Waals surface area contributed by atoms with E-state index in [-0.39, 0.29) is 0 Å². The fraction of sp³-hybridized carbons (Fsp3) is 0.385. The number of rotatable bonds is 4. The zero-order valence-electron chi connectivity index (χ0n) is 9.55. The molecule has 82 valence electrons. The summed E-state index contributed by atoms with van der Waals surface area (Å²) in [7, 11) is 1.98. The SMILES string of the molecule is CNC(C=C(C)C)Cc1cccc(Cl)c1. The summed E-state index contributed by atoms with van der Waals surface area (Å²) < 4.78 is 0. The monoisotopic (exact) mass is 223 g/mol. The summed E-state index contributed by atoms with van der Waals surface area (Å²) in [6.07, 6.45) is 3.21. The summed E-state index contributed by atoms with van der Waals surface area (Å²) in [5, 5.41) is 4.09. The van der Waals surface area contributed by atoms with Crippen molar-refractivity contribution < 1.29 is 0 Å². The van der Waals surface area contributed by atoms with Crippen molar-refractivity contribution in [1.29, 1.82) is 0 Å². The first-order valence-electron chi connectivity index (χ1n) is 5.18. The average molecular weight is 224 g/mol. The van der Waals surface area contributed by atoms with Gasteiger partial charge in [0.25, 0.3) is 0 Å². The highest BCUT2D eigenvalue weighted by Gasteiger charge is 2.03. The molecule has 0 saturated heterocycles. The maximum absolute atomic E-state index is 5.94. The van der Waals surface area contributed by atoms with Crippen LogP contribution in [0.4, 0.5) is 0 Å². The van der Waals surface area contributed by atoms with Crippen LogP contribution in [-0.4, -0.2) is 13.1 Å². The second-order valence-electron chi connectivity index (χ2n) is 3.97.